The van der Waals surface area contributed by atoms with Crippen molar-refractivity contribution in [2.75, 3.05) is 6.26 Å². The van der Waals surface area contributed by atoms with E-state index in [9.17, 15) is 13.7 Å². The van der Waals surface area contributed by atoms with Crippen LogP contribution >= 0.6 is 0 Å². The van der Waals surface area contributed by atoms with Crippen LogP contribution < -0.4 is 5.56 Å². The number of hydrogen-bond donors (Lipinski definition) is 1. The zero-order valence-electron chi connectivity index (χ0n) is 11.9. The lowest BCUT2D eigenvalue weighted by Gasteiger charge is -2.15. The minimum Gasteiger partial charge on any atom is -0.609 e. The molecule has 2 aromatic heterocycles. The highest BCUT2D eigenvalue weighted by atomic mass is 32.2. The van der Waals surface area contributed by atoms with E-state index in [1.54, 1.807) is 6.92 Å². The zero-order chi connectivity index (χ0) is 15.1. The number of H-pyrrole nitrogens is 1. The highest BCUT2D eigenvalue weighted by Crippen LogP contribution is 2.37. The van der Waals surface area contributed by atoms with Crippen LogP contribution in [0.15, 0.2) is 9.95 Å². The van der Waals surface area contributed by atoms with Crippen LogP contribution in [0.5, 0.6) is 0 Å². The van der Waals surface area contributed by atoms with Gasteiger partial charge in [0.05, 0.1) is 5.69 Å². The number of aryl methyl sites for hydroxylation is 1. The molecule has 0 saturated heterocycles. The van der Waals surface area contributed by atoms with Gasteiger partial charge >= 0.3 is 5.16 Å². The molecule has 1 aliphatic rings. The van der Waals surface area contributed by atoms with Gasteiger partial charge in [0.2, 0.25) is 0 Å². The van der Waals surface area contributed by atoms with E-state index in [1.165, 1.54) is 6.26 Å². The summed E-state index contributed by atoms with van der Waals surface area (Å²) in [4.78, 5) is 22.6. The monoisotopic (exact) mass is 309 g/mol. The number of rotatable bonds is 2. The van der Waals surface area contributed by atoms with E-state index in [1.807, 2.05) is 0 Å². The maximum atomic E-state index is 13.9. The molecule has 1 unspecified atom stereocenters. The number of aromatic amines is 1. The number of aromatic nitrogens is 3. The van der Waals surface area contributed by atoms with E-state index >= 15 is 0 Å². The first kappa shape index (κ1) is 14.5. The fourth-order valence-corrected chi connectivity index (χ4v) is 3.43. The quantitative estimate of drug-likeness (QED) is 0.681. The van der Waals surface area contributed by atoms with Gasteiger partial charge < -0.3 is 9.54 Å². The lowest BCUT2D eigenvalue weighted by molar-refractivity contribution is 0.587. The van der Waals surface area contributed by atoms with Crippen molar-refractivity contribution in [1.29, 1.82) is 0 Å². The van der Waals surface area contributed by atoms with Crippen LogP contribution in [0.3, 0.4) is 0 Å². The molecule has 5 nitrogen and oxygen atoms in total. The van der Waals surface area contributed by atoms with E-state index in [0.29, 0.717) is 5.39 Å². The molecule has 1 N–H and O–H groups in total. The molecule has 1 aliphatic carbocycles. The van der Waals surface area contributed by atoms with Crippen LogP contribution in [0, 0.1) is 12.7 Å². The van der Waals surface area contributed by atoms with Crippen molar-refractivity contribution in [3.8, 4) is 0 Å². The number of nitrogens with one attached hydrogen (secondary N) is 1. The number of halogens is 1. The van der Waals surface area contributed by atoms with E-state index in [4.69, 9.17) is 0 Å². The molecule has 1 saturated carbocycles. The highest BCUT2D eigenvalue weighted by molar-refractivity contribution is 7.90. The summed E-state index contributed by atoms with van der Waals surface area (Å²) >= 11 is -1.35. The molecule has 2 heterocycles. The Balaban J connectivity index is 2.35. The van der Waals surface area contributed by atoms with Crippen LogP contribution in [0.25, 0.3) is 11.0 Å². The van der Waals surface area contributed by atoms with Crippen molar-refractivity contribution in [2.24, 2.45) is 0 Å². The van der Waals surface area contributed by atoms with Gasteiger partial charge in [-0.2, -0.15) is 9.97 Å². The molecule has 0 aliphatic heterocycles. The Morgan fingerprint density at radius 1 is 1.33 bits per heavy atom. The summed E-state index contributed by atoms with van der Waals surface area (Å²) in [6.07, 6.45) is 5.65. The fourth-order valence-electron chi connectivity index (χ4n) is 2.98. The van der Waals surface area contributed by atoms with E-state index in [0.717, 1.165) is 31.4 Å². The second-order valence-electron chi connectivity index (χ2n) is 5.44. The highest BCUT2D eigenvalue weighted by Gasteiger charge is 2.26. The average molecular weight is 309 g/mol. The Morgan fingerprint density at radius 3 is 2.62 bits per heavy atom. The largest absolute Gasteiger partial charge is 0.609 e. The fraction of sp³-hybridized carbons (Fsp3) is 0.500. The molecular weight excluding hydrogens is 293 g/mol. The molecule has 21 heavy (non-hydrogen) atoms. The average Bonchev–Trinajstić information content (AvgIpc) is 2.97. The van der Waals surface area contributed by atoms with Crippen LogP contribution in [-0.4, -0.2) is 25.8 Å². The summed E-state index contributed by atoms with van der Waals surface area (Å²) in [6.45, 7) is 1.57. The summed E-state index contributed by atoms with van der Waals surface area (Å²) in [5.41, 5.74) is 0.462. The predicted molar refractivity (Wildman–Crippen MR) is 78.4 cm³/mol. The third-order valence-electron chi connectivity index (χ3n) is 4.05. The molecule has 0 radical (unpaired) electrons. The lowest BCUT2D eigenvalue weighted by atomic mass is 9.98. The first-order chi connectivity index (χ1) is 9.99. The minimum absolute atomic E-state index is 0.186. The molecule has 0 spiro atoms. The zero-order valence-corrected chi connectivity index (χ0v) is 12.7. The summed E-state index contributed by atoms with van der Waals surface area (Å²) < 4.78 is 25.6. The van der Waals surface area contributed by atoms with Crippen molar-refractivity contribution in [2.45, 2.75) is 43.7 Å². The van der Waals surface area contributed by atoms with Crippen molar-refractivity contribution in [1.82, 2.24) is 15.0 Å². The number of nitrogens with zero attached hydrogens (tertiary/aromatic N) is 2. The van der Waals surface area contributed by atoms with E-state index in [2.05, 4.69) is 15.0 Å². The lowest BCUT2D eigenvalue weighted by Crippen LogP contribution is -2.17. The summed E-state index contributed by atoms with van der Waals surface area (Å²) in [6, 6.07) is 0. The first-order valence-electron chi connectivity index (χ1n) is 6.92. The van der Waals surface area contributed by atoms with Gasteiger partial charge in [-0.25, -0.2) is 4.39 Å². The van der Waals surface area contributed by atoms with Gasteiger partial charge in [-0.1, -0.05) is 12.8 Å². The summed E-state index contributed by atoms with van der Waals surface area (Å²) in [5.74, 6) is -0.586. The van der Waals surface area contributed by atoms with Gasteiger partial charge in [0, 0.05) is 28.0 Å². The SMILES string of the molecule is Cc1c(F)c(=O)[nH]c2nc([S+](C)[O-])nc(C3CCCC3)c12. The molecule has 0 amide bonds. The number of fused-ring (bicyclic) bond motifs is 1. The summed E-state index contributed by atoms with van der Waals surface area (Å²) in [5, 5.41) is 0.749. The predicted octanol–water partition coefficient (Wildman–Crippen LogP) is 2.16. The standard InChI is InChI=1S/C14H16FN3O2S/c1-7-9-11(8-5-3-4-6-8)16-14(21(2)20)18-12(9)17-13(19)10(7)15/h8H,3-6H2,1-2H3,(H,16,17,18,19). The van der Waals surface area contributed by atoms with Crippen molar-refractivity contribution >= 4 is 22.2 Å². The van der Waals surface area contributed by atoms with Crippen LogP contribution in [0.4, 0.5) is 4.39 Å². The molecule has 2 aromatic rings. The normalized spacial score (nSPS) is 17.5. The van der Waals surface area contributed by atoms with Gasteiger partial charge in [0.25, 0.3) is 5.56 Å². The van der Waals surface area contributed by atoms with Gasteiger partial charge in [-0.05, 0) is 19.8 Å². The van der Waals surface area contributed by atoms with Crippen LogP contribution in [0.1, 0.15) is 42.9 Å². The third kappa shape index (κ3) is 2.44. The van der Waals surface area contributed by atoms with E-state index in [-0.39, 0.29) is 22.3 Å². The third-order valence-corrected chi connectivity index (χ3v) is 4.75. The Kier molecular flexibility index (Phi) is 3.71. The first-order valence-corrected chi connectivity index (χ1v) is 8.48. The topological polar surface area (TPSA) is 81.7 Å². The second-order valence-corrected chi connectivity index (χ2v) is 6.72. The molecule has 1 fully saturated rings. The maximum Gasteiger partial charge on any atom is 0.344 e. The molecule has 1 atom stereocenters. The number of pyridine rings is 1. The van der Waals surface area contributed by atoms with Gasteiger partial charge in [0.15, 0.2) is 5.82 Å². The smallest absolute Gasteiger partial charge is 0.344 e. The molecule has 3 rings (SSSR count). The van der Waals surface area contributed by atoms with Gasteiger partial charge in [0.1, 0.15) is 11.9 Å². The van der Waals surface area contributed by atoms with Gasteiger partial charge in [-0.3, -0.25) is 4.79 Å². The van der Waals surface area contributed by atoms with E-state index < -0.39 is 22.6 Å². The Morgan fingerprint density at radius 2 is 2.00 bits per heavy atom. The molecule has 112 valence electrons. The van der Waals surface area contributed by atoms with Gasteiger partial charge in [-0.15, -0.1) is 0 Å². The minimum atomic E-state index is -1.35. The van der Waals surface area contributed by atoms with Crippen LogP contribution in [-0.2, 0) is 11.2 Å². The molecule has 7 heteroatoms. The second kappa shape index (κ2) is 5.38. The van der Waals surface area contributed by atoms with Crippen LogP contribution in [0.2, 0.25) is 0 Å². The van der Waals surface area contributed by atoms with Crippen molar-refractivity contribution in [3.63, 3.8) is 0 Å². The maximum absolute atomic E-state index is 13.9. The summed E-state index contributed by atoms with van der Waals surface area (Å²) in [7, 11) is 0. The molecular formula is C14H16FN3O2S. The van der Waals surface area contributed by atoms with Crippen molar-refractivity contribution in [3.05, 3.63) is 27.4 Å². The number of hydrogen-bond acceptors (Lipinski definition) is 4. The molecule has 0 aromatic carbocycles. The Hall–Kier alpha value is -1.47. The Labute approximate surface area is 124 Å². The Bertz CT molecular complexity index is 754. The molecule has 0 bridgehead atoms. The van der Waals surface area contributed by atoms with Crippen molar-refractivity contribution < 1.29 is 8.94 Å².